The molecular formula is C11H13N3O3. The summed E-state index contributed by atoms with van der Waals surface area (Å²) in [5.74, 6) is 0.150. The molecule has 0 aliphatic rings. The fourth-order valence-electron chi connectivity index (χ4n) is 1.49. The molecule has 0 spiro atoms. The summed E-state index contributed by atoms with van der Waals surface area (Å²) < 4.78 is 6.87. The van der Waals surface area contributed by atoms with E-state index in [0.29, 0.717) is 11.6 Å². The summed E-state index contributed by atoms with van der Waals surface area (Å²) >= 11 is 0. The number of anilines is 1. The number of carbonyl (C=O) groups is 1. The van der Waals surface area contributed by atoms with Crippen LogP contribution in [0.4, 0.5) is 5.82 Å². The molecule has 0 aliphatic carbocycles. The van der Waals surface area contributed by atoms with Crippen molar-refractivity contribution >= 4 is 11.8 Å². The topological polar surface area (TPSA) is 80.3 Å². The number of rotatable bonds is 4. The molecule has 90 valence electrons. The Morgan fingerprint density at radius 3 is 2.82 bits per heavy atom. The summed E-state index contributed by atoms with van der Waals surface area (Å²) in [4.78, 5) is 10.7. The SMILES string of the molecule is CC(Nc1ccn(C)n1)c1ccc(C(=O)O)o1. The van der Waals surface area contributed by atoms with Gasteiger partial charge in [-0.05, 0) is 19.1 Å². The van der Waals surface area contributed by atoms with E-state index in [1.54, 1.807) is 10.7 Å². The Morgan fingerprint density at radius 2 is 2.29 bits per heavy atom. The molecule has 0 aromatic carbocycles. The van der Waals surface area contributed by atoms with Crippen molar-refractivity contribution < 1.29 is 14.3 Å². The highest BCUT2D eigenvalue weighted by Crippen LogP contribution is 2.20. The van der Waals surface area contributed by atoms with E-state index < -0.39 is 5.97 Å². The molecule has 0 saturated carbocycles. The highest BCUT2D eigenvalue weighted by Gasteiger charge is 2.14. The standard InChI is InChI=1S/C11H13N3O3/c1-7(12-10-5-6-14(2)13-10)8-3-4-9(17-8)11(15)16/h3-7H,1-2H3,(H,12,13)(H,15,16). The number of carboxylic acids is 1. The summed E-state index contributed by atoms with van der Waals surface area (Å²) in [5, 5.41) is 16.0. The normalized spacial score (nSPS) is 12.4. The number of nitrogens with zero attached hydrogens (tertiary/aromatic N) is 2. The minimum absolute atomic E-state index is 0.0605. The van der Waals surface area contributed by atoms with Crippen LogP contribution in [-0.2, 0) is 7.05 Å². The predicted octanol–water partition coefficient (Wildman–Crippen LogP) is 1.88. The molecule has 0 amide bonds. The van der Waals surface area contributed by atoms with Gasteiger partial charge in [0.1, 0.15) is 11.6 Å². The molecule has 6 heteroatoms. The van der Waals surface area contributed by atoms with Crippen molar-refractivity contribution in [1.82, 2.24) is 9.78 Å². The van der Waals surface area contributed by atoms with Gasteiger partial charge in [0.15, 0.2) is 0 Å². The van der Waals surface area contributed by atoms with Crippen LogP contribution in [0.3, 0.4) is 0 Å². The summed E-state index contributed by atoms with van der Waals surface area (Å²) in [6, 6.07) is 4.77. The Labute approximate surface area is 97.9 Å². The Kier molecular flexibility index (Phi) is 2.86. The number of furan rings is 1. The molecule has 1 unspecified atom stereocenters. The van der Waals surface area contributed by atoms with E-state index in [2.05, 4.69) is 10.4 Å². The van der Waals surface area contributed by atoms with E-state index in [4.69, 9.17) is 9.52 Å². The van der Waals surface area contributed by atoms with Crippen LogP contribution in [0.1, 0.15) is 29.3 Å². The summed E-state index contributed by atoms with van der Waals surface area (Å²) in [7, 11) is 1.82. The van der Waals surface area contributed by atoms with Crippen LogP contribution in [0, 0.1) is 0 Å². The second-order valence-corrected chi connectivity index (χ2v) is 3.75. The van der Waals surface area contributed by atoms with Gasteiger partial charge in [-0.3, -0.25) is 4.68 Å². The van der Waals surface area contributed by atoms with Crippen LogP contribution in [0.2, 0.25) is 0 Å². The first-order valence-corrected chi connectivity index (χ1v) is 5.15. The zero-order valence-corrected chi connectivity index (χ0v) is 9.54. The van der Waals surface area contributed by atoms with Gasteiger partial charge in [-0.15, -0.1) is 0 Å². The van der Waals surface area contributed by atoms with Crippen LogP contribution in [0.5, 0.6) is 0 Å². The summed E-state index contributed by atoms with van der Waals surface area (Å²) in [5.41, 5.74) is 0. The third-order valence-corrected chi connectivity index (χ3v) is 2.34. The molecule has 6 nitrogen and oxygen atoms in total. The smallest absolute Gasteiger partial charge is 0.371 e. The summed E-state index contributed by atoms with van der Waals surface area (Å²) in [6.45, 7) is 1.87. The second kappa shape index (κ2) is 4.32. The number of nitrogens with one attached hydrogen (secondary N) is 1. The van der Waals surface area contributed by atoms with E-state index in [0.717, 1.165) is 0 Å². The van der Waals surface area contributed by atoms with E-state index in [1.807, 2.05) is 26.2 Å². The number of carboxylic acid groups (broad SMARTS) is 1. The van der Waals surface area contributed by atoms with Crippen molar-refractivity contribution in [3.05, 3.63) is 35.9 Å². The maximum Gasteiger partial charge on any atom is 0.371 e. The summed E-state index contributed by atoms with van der Waals surface area (Å²) in [6.07, 6.45) is 1.82. The van der Waals surface area contributed by atoms with E-state index in [1.165, 1.54) is 6.07 Å². The molecule has 2 N–H and O–H groups in total. The maximum absolute atomic E-state index is 10.7. The van der Waals surface area contributed by atoms with Crippen molar-refractivity contribution in [3.8, 4) is 0 Å². The van der Waals surface area contributed by atoms with Crippen LogP contribution in [0.25, 0.3) is 0 Å². The van der Waals surface area contributed by atoms with Crippen molar-refractivity contribution in [3.63, 3.8) is 0 Å². The fourth-order valence-corrected chi connectivity index (χ4v) is 1.49. The van der Waals surface area contributed by atoms with Gasteiger partial charge in [-0.25, -0.2) is 4.79 Å². The molecule has 0 aliphatic heterocycles. The lowest BCUT2D eigenvalue weighted by Crippen LogP contribution is -2.06. The monoisotopic (exact) mass is 235 g/mol. The number of aromatic carboxylic acids is 1. The molecule has 17 heavy (non-hydrogen) atoms. The van der Waals surface area contributed by atoms with Gasteiger partial charge in [0, 0.05) is 19.3 Å². The highest BCUT2D eigenvalue weighted by atomic mass is 16.4. The third kappa shape index (κ3) is 2.47. The lowest BCUT2D eigenvalue weighted by atomic mass is 10.2. The average Bonchev–Trinajstić information content (AvgIpc) is 2.86. The molecule has 2 aromatic heterocycles. The van der Waals surface area contributed by atoms with E-state index >= 15 is 0 Å². The number of hydrogen-bond acceptors (Lipinski definition) is 4. The van der Waals surface area contributed by atoms with Gasteiger partial charge < -0.3 is 14.8 Å². The van der Waals surface area contributed by atoms with Gasteiger partial charge >= 0.3 is 5.97 Å². The number of aryl methyl sites for hydroxylation is 1. The second-order valence-electron chi connectivity index (χ2n) is 3.75. The van der Waals surface area contributed by atoms with Crippen molar-refractivity contribution in [2.24, 2.45) is 7.05 Å². The zero-order chi connectivity index (χ0) is 12.4. The minimum Gasteiger partial charge on any atom is -0.475 e. The highest BCUT2D eigenvalue weighted by molar-refractivity contribution is 5.84. The lowest BCUT2D eigenvalue weighted by Gasteiger charge is -2.09. The third-order valence-electron chi connectivity index (χ3n) is 2.34. The molecule has 1 atom stereocenters. The Balaban J connectivity index is 2.08. The quantitative estimate of drug-likeness (QED) is 0.845. The van der Waals surface area contributed by atoms with E-state index in [-0.39, 0.29) is 11.8 Å². The van der Waals surface area contributed by atoms with Crippen molar-refractivity contribution in [1.29, 1.82) is 0 Å². The van der Waals surface area contributed by atoms with Gasteiger partial charge in [-0.2, -0.15) is 5.10 Å². The number of aromatic nitrogens is 2. The Bertz CT molecular complexity index is 530. The first-order valence-electron chi connectivity index (χ1n) is 5.15. The molecule has 0 bridgehead atoms. The molecule has 2 rings (SSSR count). The Hall–Kier alpha value is -2.24. The van der Waals surface area contributed by atoms with Gasteiger partial charge in [-0.1, -0.05) is 0 Å². The molecular weight excluding hydrogens is 222 g/mol. The molecule has 2 aromatic rings. The molecule has 0 saturated heterocycles. The lowest BCUT2D eigenvalue weighted by molar-refractivity contribution is 0.0660. The maximum atomic E-state index is 10.7. The molecule has 2 heterocycles. The molecule has 0 fully saturated rings. The van der Waals surface area contributed by atoms with Crippen LogP contribution < -0.4 is 5.32 Å². The molecule has 0 radical (unpaired) electrons. The van der Waals surface area contributed by atoms with Gasteiger partial charge in [0.05, 0.1) is 6.04 Å². The predicted molar refractivity (Wildman–Crippen MR) is 60.9 cm³/mol. The van der Waals surface area contributed by atoms with Crippen molar-refractivity contribution in [2.75, 3.05) is 5.32 Å². The fraction of sp³-hybridized carbons (Fsp3) is 0.273. The number of hydrogen-bond donors (Lipinski definition) is 2. The van der Waals surface area contributed by atoms with Crippen molar-refractivity contribution in [2.45, 2.75) is 13.0 Å². The van der Waals surface area contributed by atoms with Crippen LogP contribution in [-0.4, -0.2) is 20.9 Å². The zero-order valence-electron chi connectivity index (χ0n) is 9.54. The van der Waals surface area contributed by atoms with Crippen LogP contribution in [0.15, 0.2) is 28.8 Å². The largest absolute Gasteiger partial charge is 0.475 e. The first-order chi connectivity index (χ1) is 8.06. The van der Waals surface area contributed by atoms with Crippen LogP contribution >= 0.6 is 0 Å². The average molecular weight is 235 g/mol. The van der Waals surface area contributed by atoms with E-state index in [9.17, 15) is 4.79 Å². The van der Waals surface area contributed by atoms with Gasteiger partial charge in [0.25, 0.3) is 0 Å². The Morgan fingerprint density at radius 1 is 1.53 bits per heavy atom. The minimum atomic E-state index is -1.07. The first kappa shape index (κ1) is 11.3. The van der Waals surface area contributed by atoms with Gasteiger partial charge in [0.2, 0.25) is 5.76 Å².